The number of nitrogens with zero attached hydrogens (tertiary/aromatic N) is 1. The standard InChI is InChI=1S/C12H16N2O2/c1-13-10(9-3-7-14-8-4-9)12(11(15)16)5-2-6-12/h3-4,7-8,10,13H,2,5-6H2,1H3,(H,15,16). The van der Waals surface area contributed by atoms with Crippen molar-refractivity contribution in [2.24, 2.45) is 5.41 Å². The first-order chi connectivity index (χ1) is 7.70. The maximum absolute atomic E-state index is 11.4. The third-order valence-electron chi connectivity index (χ3n) is 3.55. The van der Waals surface area contributed by atoms with Crippen molar-refractivity contribution in [3.63, 3.8) is 0 Å². The first kappa shape index (κ1) is 11.1. The molecule has 4 heteroatoms. The fourth-order valence-electron chi connectivity index (χ4n) is 2.50. The van der Waals surface area contributed by atoms with Gasteiger partial charge in [-0.3, -0.25) is 9.78 Å². The molecule has 16 heavy (non-hydrogen) atoms. The molecule has 1 fully saturated rings. The van der Waals surface area contributed by atoms with E-state index in [1.54, 1.807) is 12.4 Å². The Morgan fingerprint density at radius 3 is 2.50 bits per heavy atom. The smallest absolute Gasteiger partial charge is 0.311 e. The minimum Gasteiger partial charge on any atom is -0.481 e. The largest absolute Gasteiger partial charge is 0.481 e. The summed E-state index contributed by atoms with van der Waals surface area (Å²) in [4.78, 5) is 15.4. The summed E-state index contributed by atoms with van der Waals surface area (Å²) in [7, 11) is 1.81. The number of hydrogen-bond acceptors (Lipinski definition) is 3. The second-order valence-electron chi connectivity index (χ2n) is 4.32. The molecule has 0 amide bonds. The molecule has 2 rings (SSSR count). The number of hydrogen-bond donors (Lipinski definition) is 2. The number of aliphatic carboxylic acids is 1. The van der Waals surface area contributed by atoms with Gasteiger partial charge < -0.3 is 10.4 Å². The van der Waals surface area contributed by atoms with E-state index < -0.39 is 11.4 Å². The minimum atomic E-state index is -0.699. The highest BCUT2D eigenvalue weighted by Crippen LogP contribution is 2.50. The van der Waals surface area contributed by atoms with Crippen LogP contribution in [0.2, 0.25) is 0 Å². The van der Waals surface area contributed by atoms with Gasteiger partial charge in [-0.1, -0.05) is 6.42 Å². The zero-order valence-corrected chi connectivity index (χ0v) is 9.31. The lowest BCUT2D eigenvalue weighted by molar-refractivity contribution is -0.157. The van der Waals surface area contributed by atoms with Gasteiger partial charge in [0.15, 0.2) is 0 Å². The third kappa shape index (κ3) is 1.59. The molecule has 4 nitrogen and oxygen atoms in total. The Morgan fingerprint density at radius 1 is 1.50 bits per heavy atom. The van der Waals surface area contributed by atoms with Crippen LogP contribution in [-0.2, 0) is 4.79 Å². The molecule has 1 aromatic heterocycles. The van der Waals surface area contributed by atoms with Gasteiger partial charge in [0, 0.05) is 18.4 Å². The predicted octanol–water partition coefficient (Wildman–Crippen LogP) is 1.60. The van der Waals surface area contributed by atoms with E-state index in [4.69, 9.17) is 0 Å². The number of aromatic nitrogens is 1. The van der Waals surface area contributed by atoms with Crippen LogP contribution in [0.1, 0.15) is 30.9 Å². The lowest BCUT2D eigenvalue weighted by Gasteiger charge is -2.44. The molecule has 1 heterocycles. The van der Waals surface area contributed by atoms with Gasteiger partial charge >= 0.3 is 5.97 Å². The molecule has 1 unspecified atom stereocenters. The van der Waals surface area contributed by atoms with E-state index in [0.717, 1.165) is 24.8 Å². The van der Waals surface area contributed by atoms with Crippen LogP contribution >= 0.6 is 0 Å². The second-order valence-corrected chi connectivity index (χ2v) is 4.32. The maximum Gasteiger partial charge on any atom is 0.311 e. The van der Waals surface area contributed by atoms with Crippen LogP contribution in [0.15, 0.2) is 24.5 Å². The molecule has 1 aliphatic rings. The van der Waals surface area contributed by atoms with Gasteiger partial charge in [0.25, 0.3) is 0 Å². The topological polar surface area (TPSA) is 62.2 Å². The van der Waals surface area contributed by atoms with Gasteiger partial charge in [0.05, 0.1) is 5.41 Å². The van der Waals surface area contributed by atoms with E-state index >= 15 is 0 Å². The van der Waals surface area contributed by atoms with Crippen LogP contribution in [0.5, 0.6) is 0 Å². The number of carboxylic acids is 1. The number of pyridine rings is 1. The fourth-order valence-corrected chi connectivity index (χ4v) is 2.50. The van der Waals surface area contributed by atoms with Gasteiger partial charge in [0.2, 0.25) is 0 Å². The van der Waals surface area contributed by atoms with Crippen LogP contribution in [0.25, 0.3) is 0 Å². The third-order valence-corrected chi connectivity index (χ3v) is 3.55. The normalized spacial score (nSPS) is 19.8. The Hall–Kier alpha value is -1.42. The molecule has 0 radical (unpaired) electrons. The Bertz CT molecular complexity index is 374. The number of carboxylic acid groups (broad SMARTS) is 1. The molecule has 1 aliphatic carbocycles. The lowest BCUT2D eigenvalue weighted by Crippen LogP contribution is -2.47. The van der Waals surface area contributed by atoms with E-state index in [9.17, 15) is 9.90 Å². The quantitative estimate of drug-likeness (QED) is 0.809. The van der Waals surface area contributed by atoms with Crippen molar-refractivity contribution in [1.29, 1.82) is 0 Å². The SMILES string of the molecule is CNC(c1ccncc1)C1(C(=O)O)CCC1. The molecule has 1 saturated carbocycles. The van der Waals surface area contributed by atoms with Crippen molar-refractivity contribution in [2.75, 3.05) is 7.05 Å². The van der Waals surface area contributed by atoms with Crippen molar-refractivity contribution in [3.05, 3.63) is 30.1 Å². The average Bonchev–Trinajstić information content (AvgIpc) is 2.23. The minimum absolute atomic E-state index is 0.123. The van der Waals surface area contributed by atoms with Crippen LogP contribution in [0.3, 0.4) is 0 Å². The Labute approximate surface area is 94.7 Å². The van der Waals surface area contributed by atoms with E-state index in [2.05, 4.69) is 10.3 Å². The first-order valence-electron chi connectivity index (χ1n) is 5.51. The van der Waals surface area contributed by atoms with Gasteiger partial charge in [-0.2, -0.15) is 0 Å². The summed E-state index contributed by atoms with van der Waals surface area (Å²) >= 11 is 0. The monoisotopic (exact) mass is 220 g/mol. The second kappa shape index (κ2) is 4.22. The molecule has 0 aliphatic heterocycles. The van der Waals surface area contributed by atoms with Crippen LogP contribution in [0, 0.1) is 5.41 Å². The molecule has 0 saturated heterocycles. The van der Waals surface area contributed by atoms with Crippen LogP contribution in [-0.4, -0.2) is 23.1 Å². The molecule has 1 atom stereocenters. The van der Waals surface area contributed by atoms with Gasteiger partial charge in [0.1, 0.15) is 0 Å². The molecule has 86 valence electrons. The highest BCUT2D eigenvalue weighted by molar-refractivity contribution is 5.77. The number of nitrogens with one attached hydrogen (secondary N) is 1. The summed E-state index contributed by atoms with van der Waals surface area (Å²) in [6, 6.07) is 3.63. The summed E-state index contributed by atoms with van der Waals surface area (Å²) < 4.78 is 0. The predicted molar refractivity (Wildman–Crippen MR) is 60.0 cm³/mol. The van der Waals surface area contributed by atoms with E-state index in [-0.39, 0.29) is 6.04 Å². The summed E-state index contributed by atoms with van der Waals surface area (Å²) in [6.07, 6.45) is 5.89. The van der Waals surface area contributed by atoms with Gasteiger partial charge in [-0.05, 0) is 37.6 Å². The highest BCUT2D eigenvalue weighted by Gasteiger charge is 2.50. The van der Waals surface area contributed by atoms with Crippen molar-refractivity contribution in [1.82, 2.24) is 10.3 Å². The maximum atomic E-state index is 11.4. The summed E-state index contributed by atoms with van der Waals surface area (Å²) in [6.45, 7) is 0. The molecular formula is C12H16N2O2. The fraction of sp³-hybridized carbons (Fsp3) is 0.500. The van der Waals surface area contributed by atoms with Crippen LogP contribution < -0.4 is 5.32 Å². The van der Waals surface area contributed by atoms with Gasteiger partial charge in [-0.15, -0.1) is 0 Å². The van der Waals surface area contributed by atoms with Crippen molar-refractivity contribution in [2.45, 2.75) is 25.3 Å². The average molecular weight is 220 g/mol. The van der Waals surface area contributed by atoms with E-state index in [1.807, 2.05) is 19.2 Å². The van der Waals surface area contributed by atoms with Crippen molar-refractivity contribution in [3.8, 4) is 0 Å². The Kier molecular flexibility index (Phi) is 2.92. The number of carbonyl (C=O) groups is 1. The lowest BCUT2D eigenvalue weighted by atomic mass is 9.62. The molecule has 2 N–H and O–H groups in total. The Balaban J connectivity index is 2.32. The summed E-state index contributed by atoms with van der Waals surface area (Å²) in [5, 5.41) is 12.5. The van der Waals surface area contributed by atoms with E-state index in [0.29, 0.717) is 0 Å². The highest BCUT2D eigenvalue weighted by atomic mass is 16.4. The molecule has 0 aromatic carbocycles. The van der Waals surface area contributed by atoms with Gasteiger partial charge in [-0.25, -0.2) is 0 Å². The molecule has 0 bridgehead atoms. The molecular weight excluding hydrogens is 204 g/mol. The summed E-state index contributed by atoms with van der Waals surface area (Å²) in [5.74, 6) is -0.699. The first-order valence-corrected chi connectivity index (χ1v) is 5.51. The zero-order chi connectivity index (χ0) is 11.6. The number of rotatable bonds is 4. The zero-order valence-electron chi connectivity index (χ0n) is 9.31. The van der Waals surface area contributed by atoms with Crippen molar-refractivity contribution >= 4 is 5.97 Å². The van der Waals surface area contributed by atoms with Crippen molar-refractivity contribution < 1.29 is 9.90 Å². The summed E-state index contributed by atoms with van der Waals surface area (Å²) in [5.41, 5.74) is 0.371. The molecule has 1 aromatic rings. The van der Waals surface area contributed by atoms with E-state index in [1.165, 1.54) is 0 Å². The molecule has 0 spiro atoms. The van der Waals surface area contributed by atoms with Crippen LogP contribution in [0.4, 0.5) is 0 Å². The Morgan fingerprint density at radius 2 is 2.12 bits per heavy atom.